The highest BCUT2D eigenvalue weighted by atomic mass is 19.1. The molecule has 9 heteroatoms. The highest BCUT2D eigenvalue weighted by Gasteiger charge is 2.24. The Labute approximate surface area is 216 Å². The van der Waals surface area contributed by atoms with Crippen LogP contribution >= 0.6 is 0 Å². The van der Waals surface area contributed by atoms with Crippen LogP contribution in [0.25, 0.3) is 5.65 Å². The molecule has 196 valence electrons. The summed E-state index contributed by atoms with van der Waals surface area (Å²) in [4.78, 5) is 17.5. The second-order valence-electron chi connectivity index (χ2n) is 10.1. The predicted molar refractivity (Wildman–Crippen MR) is 144 cm³/mol. The van der Waals surface area contributed by atoms with Gasteiger partial charge in [-0.1, -0.05) is 32.1 Å². The molecule has 2 N–H and O–H groups in total. The normalized spacial score (nSPS) is 19.6. The van der Waals surface area contributed by atoms with Gasteiger partial charge in [-0.3, -0.25) is 4.79 Å². The molecule has 0 spiro atoms. The maximum Gasteiger partial charge on any atom is 0.199 e. The van der Waals surface area contributed by atoms with Gasteiger partial charge in [0.05, 0.1) is 6.61 Å². The number of halogens is 1. The topological polar surface area (TPSA) is 83.8 Å². The summed E-state index contributed by atoms with van der Waals surface area (Å²) in [5.74, 6) is 2.12. The van der Waals surface area contributed by atoms with Crippen LogP contribution in [0, 0.1) is 5.92 Å². The number of hydrogen-bond donors (Lipinski definition) is 2. The molecule has 0 aliphatic carbocycles. The minimum atomic E-state index is -1.18. The minimum absolute atomic E-state index is 0.218. The Hall–Kier alpha value is -3.46. The van der Waals surface area contributed by atoms with Crippen molar-refractivity contribution < 1.29 is 13.9 Å². The summed E-state index contributed by atoms with van der Waals surface area (Å²) < 4.78 is 20.6. The third kappa shape index (κ3) is 5.61. The number of alkyl halides is 1. The zero-order valence-electron chi connectivity index (χ0n) is 21.5. The van der Waals surface area contributed by atoms with E-state index in [1.54, 1.807) is 6.08 Å². The van der Waals surface area contributed by atoms with Crippen molar-refractivity contribution in [3.63, 3.8) is 0 Å². The van der Waals surface area contributed by atoms with Crippen molar-refractivity contribution in [2.24, 2.45) is 5.92 Å². The Kier molecular flexibility index (Phi) is 7.69. The number of carbonyl (C=O) groups is 1. The number of aldehydes is 1. The van der Waals surface area contributed by atoms with E-state index in [9.17, 15) is 9.18 Å². The summed E-state index contributed by atoms with van der Waals surface area (Å²) >= 11 is 0. The SMILES string of the molecule is CC(C)c1c(NCC2CCOC(F)C2)nn2c(NCc3ccc4c(c3)CCN4C/C=C/C=O)ccnc12. The lowest BCUT2D eigenvalue weighted by atomic mass is 9.99. The molecule has 2 unspecified atom stereocenters. The molecular weight excluding hydrogens is 471 g/mol. The zero-order valence-corrected chi connectivity index (χ0v) is 21.5. The van der Waals surface area contributed by atoms with E-state index >= 15 is 0 Å². The first kappa shape index (κ1) is 25.2. The first-order chi connectivity index (χ1) is 18.0. The number of fused-ring (bicyclic) bond motifs is 2. The summed E-state index contributed by atoms with van der Waals surface area (Å²) in [5, 5.41) is 11.9. The van der Waals surface area contributed by atoms with Gasteiger partial charge >= 0.3 is 0 Å². The fraction of sp³-hybridized carbons (Fsp3) is 0.464. The van der Waals surface area contributed by atoms with Gasteiger partial charge in [0, 0.05) is 50.0 Å². The Balaban J connectivity index is 1.30. The van der Waals surface area contributed by atoms with E-state index in [4.69, 9.17) is 9.84 Å². The third-order valence-electron chi connectivity index (χ3n) is 7.18. The van der Waals surface area contributed by atoms with Gasteiger partial charge in [0.25, 0.3) is 0 Å². The largest absolute Gasteiger partial charge is 0.368 e. The van der Waals surface area contributed by atoms with Crippen molar-refractivity contribution in [3.8, 4) is 0 Å². The molecule has 0 amide bonds. The van der Waals surface area contributed by atoms with Crippen LogP contribution < -0.4 is 15.5 Å². The van der Waals surface area contributed by atoms with E-state index in [2.05, 4.69) is 52.6 Å². The lowest BCUT2D eigenvalue weighted by Crippen LogP contribution is -2.27. The molecule has 5 rings (SSSR count). The summed E-state index contributed by atoms with van der Waals surface area (Å²) in [5.41, 5.74) is 5.65. The fourth-order valence-electron chi connectivity index (χ4n) is 5.25. The van der Waals surface area contributed by atoms with Crippen LogP contribution in [0.3, 0.4) is 0 Å². The Morgan fingerprint density at radius 3 is 2.97 bits per heavy atom. The van der Waals surface area contributed by atoms with Gasteiger partial charge in [0.1, 0.15) is 12.1 Å². The van der Waals surface area contributed by atoms with E-state index in [1.165, 1.54) is 16.8 Å². The van der Waals surface area contributed by atoms with Gasteiger partial charge in [0.2, 0.25) is 0 Å². The second-order valence-corrected chi connectivity index (χ2v) is 10.1. The average Bonchev–Trinajstić information content (AvgIpc) is 3.47. The van der Waals surface area contributed by atoms with E-state index in [0.717, 1.165) is 55.1 Å². The Morgan fingerprint density at radius 2 is 2.16 bits per heavy atom. The molecule has 1 fully saturated rings. The number of aromatic nitrogens is 3. The molecule has 37 heavy (non-hydrogen) atoms. The van der Waals surface area contributed by atoms with E-state index in [1.807, 2.05) is 22.9 Å². The van der Waals surface area contributed by atoms with E-state index < -0.39 is 6.36 Å². The fourth-order valence-corrected chi connectivity index (χ4v) is 5.25. The molecule has 4 heterocycles. The number of carbonyl (C=O) groups excluding carboxylic acids is 1. The molecule has 2 aromatic heterocycles. The standard InChI is InChI=1S/C28H35FN6O2/c1-19(2)26-27(32-18-21-9-14-37-24(29)16-21)33-35-25(7-10-30-28(26)35)31-17-20-5-6-23-22(15-20)8-12-34(23)11-3-4-13-36/h3-7,10,13,15,19,21,24,31H,8-9,11-12,14,16-18H2,1-2H3,(H,32,33)/b4-3+. The highest BCUT2D eigenvalue weighted by molar-refractivity contribution is 5.66. The lowest BCUT2D eigenvalue weighted by Gasteiger charge is -2.25. The van der Waals surface area contributed by atoms with Gasteiger partial charge < -0.3 is 20.3 Å². The van der Waals surface area contributed by atoms with Crippen LogP contribution in [0.15, 0.2) is 42.6 Å². The smallest absolute Gasteiger partial charge is 0.199 e. The Morgan fingerprint density at radius 1 is 1.27 bits per heavy atom. The number of hydrogen-bond acceptors (Lipinski definition) is 7. The lowest BCUT2D eigenvalue weighted by molar-refractivity contribution is -0.104. The third-order valence-corrected chi connectivity index (χ3v) is 7.18. The van der Waals surface area contributed by atoms with Gasteiger partial charge in [-0.25, -0.2) is 9.37 Å². The van der Waals surface area contributed by atoms with Crippen molar-refractivity contribution in [1.82, 2.24) is 14.6 Å². The molecule has 2 atom stereocenters. The molecule has 1 saturated heterocycles. The highest BCUT2D eigenvalue weighted by Crippen LogP contribution is 2.31. The summed E-state index contributed by atoms with van der Waals surface area (Å²) in [6, 6.07) is 8.51. The van der Waals surface area contributed by atoms with Crippen LogP contribution in [0.2, 0.25) is 0 Å². The molecule has 2 aliphatic rings. The summed E-state index contributed by atoms with van der Waals surface area (Å²) in [7, 11) is 0. The monoisotopic (exact) mass is 506 g/mol. The molecule has 0 bridgehead atoms. The summed E-state index contributed by atoms with van der Waals surface area (Å²) in [6.45, 7) is 7.76. The van der Waals surface area contributed by atoms with Crippen molar-refractivity contribution in [2.45, 2.75) is 51.9 Å². The number of nitrogens with zero attached hydrogens (tertiary/aromatic N) is 4. The molecule has 0 radical (unpaired) electrons. The minimum Gasteiger partial charge on any atom is -0.368 e. The Bertz CT molecular complexity index is 1270. The summed E-state index contributed by atoms with van der Waals surface area (Å²) in [6.07, 6.45) is 7.16. The van der Waals surface area contributed by atoms with Crippen molar-refractivity contribution in [2.75, 3.05) is 41.8 Å². The van der Waals surface area contributed by atoms with Gasteiger partial charge in [-0.05, 0) is 54.0 Å². The van der Waals surface area contributed by atoms with Gasteiger partial charge in [-0.15, -0.1) is 5.10 Å². The zero-order chi connectivity index (χ0) is 25.8. The molecule has 1 aromatic carbocycles. The first-order valence-corrected chi connectivity index (χ1v) is 13.1. The molecule has 8 nitrogen and oxygen atoms in total. The van der Waals surface area contributed by atoms with Crippen LogP contribution in [-0.2, 0) is 22.5 Å². The van der Waals surface area contributed by atoms with Crippen LogP contribution in [-0.4, -0.2) is 53.5 Å². The number of anilines is 3. The maximum atomic E-state index is 13.7. The number of nitrogens with one attached hydrogen (secondary N) is 2. The van der Waals surface area contributed by atoms with E-state index in [-0.39, 0.29) is 11.8 Å². The number of benzene rings is 1. The predicted octanol–water partition coefficient (Wildman–Crippen LogP) is 4.72. The van der Waals surface area contributed by atoms with Crippen LogP contribution in [0.4, 0.5) is 21.7 Å². The number of ether oxygens (including phenoxy) is 1. The van der Waals surface area contributed by atoms with Crippen molar-refractivity contribution in [1.29, 1.82) is 0 Å². The van der Waals surface area contributed by atoms with Crippen LogP contribution in [0.5, 0.6) is 0 Å². The number of allylic oxidation sites excluding steroid dienone is 1. The molecule has 2 aliphatic heterocycles. The molecular formula is C28H35FN6O2. The quantitative estimate of drug-likeness (QED) is 0.304. The van der Waals surface area contributed by atoms with Crippen LogP contribution in [0.1, 0.15) is 49.3 Å². The average molecular weight is 507 g/mol. The van der Waals surface area contributed by atoms with Crippen molar-refractivity contribution in [3.05, 3.63) is 59.3 Å². The maximum absolute atomic E-state index is 13.7. The second kappa shape index (κ2) is 11.3. The van der Waals surface area contributed by atoms with Gasteiger partial charge in [0.15, 0.2) is 17.8 Å². The molecule has 3 aromatic rings. The van der Waals surface area contributed by atoms with Crippen molar-refractivity contribution >= 4 is 29.3 Å². The van der Waals surface area contributed by atoms with E-state index in [0.29, 0.717) is 26.1 Å². The first-order valence-electron chi connectivity index (χ1n) is 13.1. The number of rotatable bonds is 10. The van der Waals surface area contributed by atoms with Gasteiger partial charge in [-0.2, -0.15) is 4.52 Å². The molecule has 0 saturated carbocycles.